The number of nitrogens with two attached hydrogens (primary N) is 1. The highest BCUT2D eigenvalue weighted by molar-refractivity contribution is 3.54. The largest absolute Gasteiger partial charge is 0.506 e. The molecule has 0 amide bonds. The van der Waals surface area contributed by atoms with E-state index in [0.717, 1.165) is 0 Å². The summed E-state index contributed by atoms with van der Waals surface area (Å²) in [7, 11) is 1.50. The smallest absolute Gasteiger partial charge is 0.327 e. The molecule has 0 aromatic carbocycles. The fourth-order valence-electron chi connectivity index (χ4n) is 0. The summed E-state index contributed by atoms with van der Waals surface area (Å²) in [5.74, 6) is 0. The van der Waals surface area contributed by atoms with Crippen LogP contribution in [0.2, 0.25) is 0 Å². The average molecular weight is 99.5 g/mol. The van der Waals surface area contributed by atoms with Gasteiger partial charge in [0.1, 0.15) is 0 Å². The second kappa shape index (κ2) is 30.6. The standard InChI is InChI=1S/CH5N.ClHO2/c1-2;2-1-3/h2H2,1H3;2H. The third-order valence-electron chi connectivity index (χ3n) is 0. The summed E-state index contributed by atoms with van der Waals surface area (Å²) in [4.78, 5) is 0. The highest BCUT2D eigenvalue weighted by atomic mass is 35.6. The van der Waals surface area contributed by atoms with Gasteiger partial charge in [0.05, 0.1) is 0 Å². The van der Waals surface area contributed by atoms with Crippen molar-refractivity contribution in [3.05, 3.63) is 0 Å². The van der Waals surface area contributed by atoms with Crippen LogP contribution in [0.3, 0.4) is 0 Å². The van der Waals surface area contributed by atoms with E-state index in [9.17, 15) is 0 Å². The van der Waals surface area contributed by atoms with E-state index < -0.39 is 0 Å². The third-order valence-corrected chi connectivity index (χ3v) is 0. The van der Waals surface area contributed by atoms with Crippen LogP contribution in [-0.4, -0.2) is 11.7 Å². The zero-order chi connectivity index (χ0) is 4.71. The predicted molar refractivity (Wildman–Crippen MR) is 12.3 cm³/mol. The van der Waals surface area contributed by atoms with Gasteiger partial charge in [-0.15, -0.1) is 4.66 Å². The van der Waals surface area contributed by atoms with Crippen LogP contribution in [-0.2, 0) is 0 Å². The van der Waals surface area contributed by atoms with Crippen molar-refractivity contribution < 1.29 is 20.6 Å². The van der Waals surface area contributed by atoms with Crippen LogP contribution in [0.4, 0.5) is 0 Å². The summed E-state index contributed by atoms with van der Waals surface area (Å²) >= 11 is -0.167. The van der Waals surface area contributed by atoms with Crippen molar-refractivity contribution in [3.8, 4) is 0 Å². The first-order valence-corrected chi connectivity index (χ1v) is 1.55. The maximum Gasteiger partial charge on any atom is 0.327 e. The lowest BCUT2D eigenvalue weighted by Gasteiger charge is -1.46. The van der Waals surface area contributed by atoms with Crippen molar-refractivity contribution in [2.24, 2.45) is 5.73 Å². The van der Waals surface area contributed by atoms with Gasteiger partial charge in [0.15, 0.2) is 0 Å². The van der Waals surface area contributed by atoms with E-state index in [0.29, 0.717) is 0 Å². The summed E-state index contributed by atoms with van der Waals surface area (Å²) in [6.07, 6.45) is 0. The molecule has 0 radical (unpaired) electrons. The molecule has 0 saturated carbocycles. The Hall–Kier alpha value is 0.170. The van der Waals surface area contributed by atoms with Crippen molar-refractivity contribution in [3.63, 3.8) is 0 Å². The van der Waals surface area contributed by atoms with Crippen molar-refractivity contribution in [2.75, 3.05) is 7.05 Å². The van der Waals surface area contributed by atoms with Gasteiger partial charge in [-0.2, -0.15) is 0 Å². The summed E-state index contributed by atoms with van der Waals surface area (Å²) in [6, 6.07) is 0. The second-order valence-electron chi connectivity index (χ2n) is 0.0690. The molecule has 0 aromatic heterocycles. The van der Waals surface area contributed by atoms with Crippen molar-refractivity contribution in [1.82, 2.24) is 0 Å². The van der Waals surface area contributed by atoms with E-state index in [2.05, 4.69) is 5.73 Å². The molecule has 0 spiro atoms. The first-order chi connectivity index (χ1) is 2.41. The molecule has 0 heterocycles. The maximum atomic E-state index is 8.35. The van der Waals surface area contributed by atoms with E-state index in [1.165, 1.54) is 7.05 Å². The third kappa shape index (κ3) is 679. The molecule has 4 heteroatoms. The van der Waals surface area contributed by atoms with Gasteiger partial charge < -0.3 is 10.4 Å². The van der Waals surface area contributed by atoms with Crippen LogP contribution in [0, 0.1) is 11.3 Å². The zero-order valence-electron chi connectivity index (χ0n) is 2.81. The van der Waals surface area contributed by atoms with E-state index >= 15 is 0 Å². The van der Waals surface area contributed by atoms with Crippen LogP contribution in [0.25, 0.3) is 0 Å². The zero-order valence-corrected chi connectivity index (χ0v) is 3.57. The number of halogens is 1. The Morgan fingerprint density at radius 1 is 1.80 bits per heavy atom. The van der Waals surface area contributed by atoms with Crippen LogP contribution in [0.5, 0.6) is 0 Å². The Kier molecular flexibility index (Phi) is 54.8. The molecule has 0 aromatic rings. The fraction of sp³-hybridized carbons (Fsp3) is 1.00. The molecular weight excluding hydrogens is 93.5 g/mol. The molecular formula is CH6ClNO2. The van der Waals surface area contributed by atoms with Gasteiger partial charge in [-0.05, 0) is 7.05 Å². The number of hydrogen-bond acceptors (Lipinski definition) is 3. The molecule has 0 saturated heterocycles. The molecule has 0 aliphatic carbocycles. The van der Waals surface area contributed by atoms with Crippen LogP contribution >= 0.6 is 0 Å². The Morgan fingerprint density at radius 2 is 1.80 bits per heavy atom. The lowest BCUT2D eigenvalue weighted by Crippen LogP contribution is -1.94. The van der Waals surface area contributed by atoms with Gasteiger partial charge in [0, 0.05) is 0 Å². The maximum absolute atomic E-state index is 8.35. The second-order valence-corrected chi connectivity index (χ2v) is 0.207. The molecule has 3 nitrogen and oxygen atoms in total. The summed E-state index contributed by atoms with van der Waals surface area (Å²) < 4.78 is 15.2. The molecule has 0 bridgehead atoms. The number of rotatable bonds is 0. The molecule has 0 aliphatic rings. The fourth-order valence-corrected chi connectivity index (χ4v) is 0. The topological polar surface area (TPSA) is 69.3 Å². The number of hydrogen-bond donors (Lipinski definition) is 2. The Bertz CT molecular complexity index is 9.61. The lowest BCUT2D eigenvalue weighted by molar-refractivity contribution is -1.27. The lowest BCUT2D eigenvalue weighted by atomic mass is 11.6. The molecule has 34 valence electrons. The SMILES string of the molecule is CN.[O-][Cl+]O. The van der Waals surface area contributed by atoms with Crippen molar-refractivity contribution in [1.29, 1.82) is 0 Å². The molecule has 3 N–H and O–H groups in total. The highest BCUT2D eigenvalue weighted by Gasteiger charge is 1.47. The monoisotopic (exact) mass is 99.0 g/mol. The van der Waals surface area contributed by atoms with Gasteiger partial charge in [-0.25, -0.2) is 0 Å². The van der Waals surface area contributed by atoms with Gasteiger partial charge >= 0.3 is 11.3 Å². The van der Waals surface area contributed by atoms with Crippen LogP contribution in [0.1, 0.15) is 0 Å². The molecule has 0 atom stereocenters. The van der Waals surface area contributed by atoms with E-state index in [1.54, 1.807) is 0 Å². The van der Waals surface area contributed by atoms with E-state index in [4.69, 9.17) is 9.32 Å². The highest BCUT2D eigenvalue weighted by Crippen LogP contribution is 1.13. The Morgan fingerprint density at radius 3 is 1.80 bits per heavy atom. The Labute approximate surface area is 34.5 Å². The van der Waals surface area contributed by atoms with Gasteiger partial charge in [-0.1, -0.05) is 0 Å². The molecule has 5 heavy (non-hydrogen) atoms. The predicted octanol–water partition coefficient (Wildman–Crippen LogP) is -2.17. The van der Waals surface area contributed by atoms with E-state index in [1.807, 2.05) is 0 Å². The summed E-state index contributed by atoms with van der Waals surface area (Å²) in [5, 5.41) is 0. The first-order valence-electron chi connectivity index (χ1n) is 0.901. The first kappa shape index (κ1) is 8.95. The average Bonchev–Trinajstić information content (AvgIpc) is 1.46. The van der Waals surface area contributed by atoms with Crippen LogP contribution in [0.15, 0.2) is 0 Å². The van der Waals surface area contributed by atoms with Gasteiger partial charge in [0.2, 0.25) is 0 Å². The minimum Gasteiger partial charge on any atom is -0.506 e. The molecule has 0 aliphatic heterocycles. The molecule has 0 rings (SSSR count). The summed E-state index contributed by atoms with van der Waals surface area (Å²) in [6.45, 7) is 0. The Balaban J connectivity index is 0. The normalized spacial score (nSPS) is 4.80. The minimum absolute atomic E-state index is 0.167. The minimum atomic E-state index is -0.167. The van der Waals surface area contributed by atoms with Crippen molar-refractivity contribution in [2.45, 2.75) is 0 Å². The van der Waals surface area contributed by atoms with Gasteiger partial charge in [-0.3, -0.25) is 0 Å². The van der Waals surface area contributed by atoms with Crippen molar-refractivity contribution >= 4 is 0 Å². The van der Waals surface area contributed by atoms with Crippen LogP contribution < -0.4 is 10.4 Å². The van der Waals surface area contributed by atoms with E-state index in [-0.39, 0.29) is 11.3 Å². The molecule has 0 unspecified atom stereocenters. The molecule has 0 fully saturated rings. The van der Waals surface area contributed by atoms with Gasteiger partial charge in [0.25, 0.3) is 0 Å². The summed E-state index contributed by atoms with van der Waals surface area (Å²) in [5.41, 5.74) is 4.50. The quantitative estimate of drug-likeness (QED) is 0.363.